The minimum Gasteiger partial charge on any atom is -0.379 e. The Morgan fingerprint density at radius 2 is 2.00 bits per heavy atom. The second kappa shape index (κ2) is 9.02. The molecule has 0 bridgehead atoms. The molecule has 8 nitrogen and oxygen atoms in total. The average Bonchev–Trinajstić information content (AvgIpc) is 2.69. The Morgan fingerprint density at radius 1 is 1.25 bits per heavy atom. The van der Waals surface area contributed by atoms with Crippen molar-refractivity contribution in [1.82, 2.24) is 4.31 Å². The molecule has 9 heteroatoms. The summed E-state index contributed by atoms with van der Waals surface area (Å²) in [4.78, 5) is 12.3. The van der Waals surface area contributed by atoms with Crippen LogP contribution in [0.3, 0.4) is 0 Å². The number of hydrogen-bond donors (Lipinski definition) is 2. The number of allylic oxidation sites excluding steroid dienone is 1. The molecule has 1 saturated heterocycles. The number of anilines is 1. The van der Waals surface area contributed by atoms with E-state index < -0.39 is 14.9 Å². The van der Waals surface area contributed by atoms with Gasteiger partial charge >= 0.3 is 0 Å². The summed E-state index contributed by atoms with van der Waals surface area (Å²) in [5.74, 6) is 0. The second-order valence-corrected chi connectivity index (χ2v) is 9.52. The highest BCUT2D eigenvalue weighted by atomic mass is 32.2. The lowest BCUT2D eigenvalue weighted by Gasteiger charge is -2.29. The number of quaternary nitrogens is 1. The maximum Gasteiger partial charge on any atom is 0.293 e. The Hall–Kier alpha value is -1.97. The number of benzene rings is 1. The van der Waals surface area contributed by atoms with Gasteiger partial charge in [0, 0.05) is 12.6 Å². The van der Waals surface area contributed by atoms with Crippen LogP contribution in [0.2, 0.25) is 0 Å². The van der Waals surface area contributed by atoms with Crippen molar-refractivity contribution in [3.63, 3.8) is 0 Å². The first-order chi connectivity index (χ1) is 13.4. The van der Waals surface area contributed by atoms with E-state index in [1.807, 2.05) is 7.05 Å². The van der Waals surface area contributed by atoms with E-state index in [9.17, 15) is 18.5 Å². The van der Waals surface area contributed by atoms with E-state index in [2.05, 4.69) is 11.4 Å². The van der Waals surface area contributed by atoms with Crippen molar-refractivity contribution in [3.8, 4) is 0 Å². The van der Waals surface area contributed by atoms with E-state index in [1.165, 1.54) is 45.8 Å². The molecule has 0 unspecified atom stereocenters. The predicted molar refractivity (Wildman–Crippen MR) is 108 cm³/mol. The highest BCUT2D eigenvalue weighted by molar-refractivity contribution is 7.89. The Labute approximate surface area is 166 Å². The molecule has 1 aromatic carbocycles. The molecule has 1 aliphatic carbocycles. The van der Waals surface area contributed by atoms with E-state index in [-0.39, 0.29) is 10.6 Å². The number of nitro groups is 1. The summed E-state index contributed by atoms with van der Waals surface area (Å²) in [5, 5.41) is 14.6. The van der Waals surface area contributed by atoms with Gasteiger partial charge in [0.2, 0.25) is 10.0 Å². The van der Waals surface area contributed by atoms with E-state index in [0.29, 0.717) is 25.3 Å². The number of sulfonamides is 1. The van der Waals surface area contributed by atoms with Crippen molar-refractivity contribution in [3.05, 3.63) is 40.0 Å². The smallest absolute Gasteiger partial charge is 0.293 e. The molecule has 0 radical (unpaired) electrons. The quantitative estimate of drug-likeness (QED) is 0.403. The van der Waals surface area contributed by atoms with E-state index in [1.54, 1.807) is 0 Å². The summed E-state index contributed by atoms with van der Waals surface area (Å²) in [7, 11) is -1.69. The maximum atomic E-state index is 12.9. The molecule has 0 aromatic heterocycles. The monoisotopic (exact) mass is 409 g/mol. The molecule has 28 heavy (non-hydrogen) atoms. The maximum absolute atomic E-state index is 12.9. The van der Waals surface area contributed by atoms with Crippen LogP contribution in [0.15, 0.2) is 34.7 Å². The number of nitrogens with zero attached hydrogens (tertiary/aromatic N) is 2. The molecule has 0 atom stereocenters. The standard InChI is InChI=1S/C19H28N4O4S/c1-21-11-13-22(14-12-21)28(26,27)17-7-8-18(19(15-17)23(24)25)20-10-9-16-5-3-2-4-6-16/h5,7-8,15,20H,2-4,6,9-14H2,1H3/p+1. The zero-order chi connectivity index (χ0) is 20.1. The highest BCUT2D eigenvalue weighted by Crippen LogP contribution is 2.29. The molecule has 154 valence electrons. The number of nitro benzene ring substituents is 1. The molecular formula is C19H29N4O4S+. The van der Waals surface area contributed by atoms with Gasteiger partial charge < -0.3 is 10.2 Å². The highest BCUT2D eigenvalue weighted by Gasteiger charge is 2.31. The summed E-state index contributed by atoms with van der Waals surface area (Å²) in [5.41, 5.74) is 1.56. The molecule has 1 heterocycles. The van der Waals surface area contributed by atoms with Gasteiger partial charge in [-0.05, 0) is 44.2 Å². The van der Waals surface area contributed by atoms with Crippen molar-refractivity contribution >= 4 is 21.4 Å². The molecule has 1 fully saturated rings. The van der Waals surface area contributed by atoms with Crippen molar-refractivity contribution in [2.45, 2.75) is 37.0 Å². The first-order valence-corrected chi connectivity index (χ1v) is 11.3. The molecule has 3 rings (SSSR count). The minimum absolute atomic E-state index is 0.0145. The van der Waals surface area contributed by atoms with E-state index >= 15 is 0 Å². The minimum atomic E-state index is -3.72. The van der Waals surface area contributed by atoms with Gasteiger partial charge in [-0.2, -0.15) is 4.31 Å². The average molecular weight is 410 g/mol. The first-order valence-electron chi connectivity index (χ1n) is 9.89. The van der Waals surface area contributed by atoms with Gasteiger partial charge in [-0.15, -0.1) is 0 Å². The fourth-order valence-electron chi connectivity index (χ4n) is 3.72. The predicted octanol–water partition coefficient (Wildman–Crippen LogP) is 1.42. The third kappa shape index (κ3) is 4.89. The van der Waals surface area contributed by atoms with Gasteiger partial charge in [-0.3, -0.25) is 10.1 Å². The van der Waals surface area contributed by atoms with E-state index in [4.69, 9.17) is 0 Å². The summed E-state index contributed by atoms with van der Waals surface area (Å²) < 4.78 is 27.2. The van der Waals surface area contributed by atoms with Gasteiger partial charge in [-0.1, -0.05) is 11.6 Å². The van der Waals surface area contributed by atoms with Gasteiger partial charge in [0.15, 0.2) is 0 Å². The number of nitrogens with one attached hydrogen (secondary N) is 2. The Morgan fingerprint density at radius 3 is 2.64 bits per heavy atom. The van der Waals surface area contributed by atoms with Crippen LogP contribution in [0.5, 0.6) is 0 Å². The van der Waals surface area contributed by atoms with Crippen molar-refractivity contribution < 1.29 is 18.2 Å². The number of rotatable bonds is 7. The van der Waals surface area contributed by atoms with E-state index in [0.717, 1.165) is 32.4 Å². The van der Waals surface area contributed by atoms with Crippen LogP contribution in [-0.2, 0) is 10.0 Å². The summed E-state index contributed by atoms with van der Waals surface area (Å²) in [6, 6.07) is 4.17. The molecule has 2 N–H and O–H groups in total. The Bertz CT molecular complexity index is 845. The third-order valence-electron chi connectivity index (χ3n) is 5.53. The summed E-state index contributed by atoms with van der Waals surface area (Å²) in [6.07, 6.45) is 7.73. The van der Waals surface area contributed by atoms with Crippen LogP contribution in [0.4, 0.5) is 11.4 Å². The molecule has 1 aromatic rings. The SMILES string of the molecule is C[NH+]1CCN(S(=O)(=O)c2ccc(NCCC3=CCCCC3)c([N+](=O)[O-])c2)CC1. The largest absolute Gasteiger partial charge is 0.379 e. The van der Waals surface area contributed by atoms with Crippen LogP contribution in [0, 0.1) is 10.1 Å². The Balaban J connectivity index is 1.73. The number of likely N-dealkylation sites (N-methyl/N-ethyl adjacent to an activating group) is 1. The molecule has 0 saturated carbocycles. The topological polar surface area (TPSA) is 97.0 Å². The van der Waals surface area contributed by atoms with Crippen molar-refractivity contribution in [2.24, 2.45) is 0 Å². The third-order valence-corrected chi connectivity index (χ3v) is 7.42. The number of piperazine rings is 1. The fraction of sp³-hybridized carbons (Fsp3) is 0.579. The molecule has 0 spiro atoms. The van der Waals surface area contributed by atoms with Gasteiger partial charge in [-0.25, -0.2) is 8.42 Å². The lowest BCUT2D eigenvalue weighted by atomic mass is 9.97. The van der Waals surface area contributed by atoms with Crippen molar-refractivity contribution in [2.75, 3.05) is 45.1 Å². The molecule has 0 amide bonds. The summed E-state index contributed by atoms with van der Waals surface area (Å²) in [6.45, 7) is 2.92. The van der Waals surface area contributed by atoms with Crippen LogP contribution in [-0.4, -0.2) is 57.4 Å². The van der Waals surface area contributed by atoms with Gasteiger partial charge in [0.1, 0.15) is 5.69 Å². The number of hydrogen-bond acceptors (Lipinski definition) is 5. The van der Waals surface area contributed by atoms with Crippen LogP contribution < -0.4 is 10.2 Å². The lowest BCUT2D eigenvalue weighted by molar-refractivity contribution is -0.883. The van der Waals surface area contributed by atoms with Crippen LogP contribution in [0.1, 0.15) is 32.1 Å². The zero-order valence-electron chi connectivity index (χ0n) is 16.3. The molecular weight excluding hydrogens is 380 g/mol. The fourth-order valence-corrected chi connectivity index (χ4v) is 5.18. The lowest BCUT2D eigenvalue weighted by Crippen LogP contribution is -3.12. The van der Waals surface area contributed by atoms with Crippen molar-refractivity contribution in [1.29, 1.82) is 0 Å². The van der Waals surface area contributed by atoms with Gasteiger partial charge in [0.25, 0.3) is 5.69 Å². The zero-order valence-corrected chi connectivity index (χ0v) is 17.1. The van der Waals surface area contributed by atoms with Gasteiger partial charge in [0.05, 0.1) is 43.0 Å². The van der Waals surface area contributed by atoms with Crippen LogP contribution >= 0.6 is 0 Å². The normalized spacial score (nSPS) is 19.2. The molecule has 1 aliphatic heterocycles. The molecule has 2 aliphatic rings. The van der Waals surface area contributed by atoms with Crippen LogP contribution in [0.25, 0.3) is 0 Å². The Kier molecular flexibility index (Phi) is 6.69. The summed E-state index contributed by atoms with van der Waals surface area (Å²) >= 11 is 0. The first kappa shape index (κ1) is 20.8. The second-order valence-electron chi connectivity index (χ2n) is 7.58.